The van der Waals surface area contributed by atoms with Crippen molar-refractivity contribution in [3.8, 4) is 0 Å². The van der Waals surface area contributed by atoms with Crippen molar-refractivity contribution in [1.29, 1.82) is 0 Å². The fourth-order valence-corrected chi connectivity index (χ4v) is 2.78. The van der Waals surface area contributed by atoms with Crippen LogP contribution in [0.25, 0.3) is 10.8 Å². The Balaban J connectivity index is 2.08. The molecule has 0 aliphatic carbocycles. The molecule has 3 heteroatoms. The van der Waals surface area contributed by atoms with Crippen molar-refractivity contribution in [2.75, 3.05) is 20.1 Å². The van der Waals surface area contributed by atoms with Gasteiger partial charge in [-0.1, -0.05) is 18.2 Å². The highest BCUT2D eigenvalue weighted by atomic mass is 16.3. The van der Waals surface area contributed by atoms with Gasteiger partial charge in [-0.2, -0.15) is 0 Å². The number of hydrogen-bond donors (Lipinski definition) is 1. The fraction of sp³-hybridized carbons (Fsp3) is 0.400. The van der Waals surface area contributed by atoms with Crippen LogP contribution in [-0.2, 0) is 5.60 Å². The molecule has 0 saturated carbocycles. The SMILES string of the molecule is CN1CCC(O)(c2cccc3ccncc23)CC1. The first kappa shape index (κ1) is 11.6. The molecule has 0 radical (unpaired) electrons. The Kier molecular flexibility index (Phi) is 2.80. The topological polar surface area (TPSA) is 36.4 Å². The predicted molar refractivity (Wildman–Crippen MR) is 72.4 cm³/mol. The van der Waals surface area contributed by atoms with Crippen LogP contribution in [0.5, 0.6) is 0 Å². The molecule has 1 N–H and O–H groups in total. The molecule has 1 fully saturated rings. The second-order valence-corrected chi connectivity index (χ2v) is 5.24. The summed E-state index contributed by atoms with van der Waals surface area (Å²) in [5, 5.41) is 13.1. The zero-order chi connectivity index (χ0) is 12.6. The Labute approximate surface area is 107 Å². The van der Waals surface area contributed by atoms with E-state index in [0.717, 1.165) is 42.3 Å². The maximum Gasteiger partial charge on any atom is 0.0927 e. The number of aromatic nitrogens is 1. The van der Waals surface area contributed by atoms with Crippen LogP contribution >= 0.6 is 0 Å². The molecular weight excluding hydrogens is 224 g/mol. The third-order valence-electron chi connectivity index (χ3n) is 4.00. The minimum absolute atomic E-state index is 0.699. The average molecular weight is 242 g/mol. The first-order chi connectivity index (χ1) is 8.69. The van der Waals surface area contributed by atoms with E-state index in [1.165, 1.54) is 0 Å². The Morgan fingerprint density at radius 2 is 2.00 bits per heavy atom. The zero-order valence-electron chi connectivity index (χ0n) is 10.6. The molecule has 2 aromatic rings. The highest BCUT2D eigenvalue weighted by molar-refractivity contribution is 5.85. The predicted octanol–water partition coefficient (Wildman–Crippen LogP) is 2.15. The number of rotatable bonds is 1. The van der Waals surface area contributed by atoms with Crippen molar-refractivity contribution in [3.05, 3.63) is 42.2 Å². The van der Waals surface area contributed by atoms with E-state index in [-0.39, 0.29) is 0 Å². The molecule has 18 heavy (non-hydrogen) atoms. The lowest BCUT2D eigenvalue weighted by atomic mass is 9.82. The Bertz CT molecular complexity index is 554. The van der Waals surface area contributed by atoms with Crippen LogP contribution in [0.15, 0.2) is 36.7 Å². The molecule has 2 heterocycles. The molecule has 3 rings (SSSR count). The van der Waals surface area contributed by atoms with Gasteiger partial charge in [0.05, 0.1) is 5.60 Å². The Hall–Kier alpha value is -1.45. The van der Waals surface area contributed by atoms with Crippen molar-refractivity contribution in [1.82, 2.24) is 9.88 Å². The molecule has 0 amide bonds. The molecular formula is C15H18N2O. The van der Waals surface area contributed by atoms with Crippen molar-refractivity contribution in [3.63, 3.8) is 0 Å². The van der Waals surface area contributed by atoms with Crippen LogP contribution in [0.1, 0.15) is 18.4 Å². The standard InChI is InChI=1S/C15H18N2O/c1-17-9-6-15(18,7-10-17)14-4-2-3-12-5-8-16-11-13(12)14/h2-5,8,11,18H,6-7,9-10H2,1H3. The first-order valence-corrected chi connectivity index (χ1v) is 6.43. The van der Waals surface area contributed by atoms with Crippen LogP contribution < -0.4 is 0 Å². The van der Waals surface area contributed by atoms with E-state index in [2.05, 4.69) is 23.0 Å². The molecule has 0 bridgehead atoms. The van der Waals surface area contributed by atoms with Crippen molar-refractivity contribution in [2.24, 2.45) is 0 Å². The van der Waals surface area contributed by atoms with Gasteiger partial charge in [0.15, 0.2) is 0 Å². The van der Waals surface area contributed by atoms with Crippen LogP contribution in [0.4, 0.5) is 0 Å². The van der Waals surface area contributed by atoms with Crippen LogP contribution in [-0.4, -0.2) is 35.1 Å². The van der Waals surface area contributed by atoms with E-state index >= 15 is 0 Å². The van der Waals surface area contributed by atoms with Gasteiger partial charge in [0.25, 0.3) is 0 Å². The van der Waals surface area contributed by atoms with Gasteiger partial charge in [0, 0.05) is 30.9 Å². The van der Waals surface area contributed by atoms with Gasteiger partial charge in [-0.3, -0.25) is 4.98 Å². The highest BCUT2D eigenvalue weighted by Gasteiger charge is 2.34. The number of likely N-dealkylation sites (tertiary alicyclic amines) is 1. The molecule has 1 aliphatic heterocycles. The summed E-state index contributed by atoms with van der Waals surface area (Å²) in [6.07, 6.45) is 5.24. The molecule has 0 spiro atoms. The second kappa shape index (κ2) is 4.34. The summed E-state index contributed by atoms with van der Waals surface area (Å²) >= 11 is 0. The summed E-state index contributed by atoms with van der Waals surface area (Å²) in [4.78, 5) is 6.45. The van der Waals surface area contributed by atoms with Gasteiger partial charge < -0.3 is 10.0 Å². The quantitative estimate of drug-likeness (QED) is 0.832. The number of piperidine rings is 1. The lowest BCUT2D eigenvalue weighted by Gasteiger charge is -2.37. The van der Waals surface area contributed by atoms with Gasteiger partial charge in [-0.25, -0.2) is 0 Å². The van der Waals surface area contributed by atoms with E-state index in [4.69, 9.17) is 0 Å². The minimum Gasteiger partial charge on any atom is -0.385 e. The summed E-state index contributed by atoms with van der Waals surface area (Å²) in [6.45, 7) is 1.88. The van der Waals surface area contributed by atoms with Crippen molar-refractivity contribution < 1.29 is 5.11 Å². The average Bonchev–Trinajstić information content (AvgIpc) is 2.42. The van der Waals surface area contributed by atoms with Gasteiger partial charge in [-0.15, -0.1) is 0 Å². The van der Waals surface area contributed by atoms with Gasteiger partial charge in [0.2, 0.25) is 0 Å². The molecule has 3 nitrogen and oxygen atoms in total. The van der Waals surface area contributed by atoms with E-state index in [1.807, 2.05) is 24.4 Å². The van der Waals surface area contributed by atoms with Crippen LogP contribution in [0.2, 0.25) is 0 Å². The molecule has 94 valence electrons. The van der Waals surface area contributed by atoms with E-state index < -0.39 is 5.60 Å². The van der Waals surface area contributed by atoms with Crippen LogP contribution in [0.3, 0.4) is 0 Å². The fourth-order valence-electron chi connectivity index (χ4n) is 2.78. The second-order valence-electron chi connectivity index (χ2n) is 5.24. The molecule has 1 aliphatic rings. The smallest absolute Gasteiger partial charge is 0.0927 e. The lowest BCUT2D eigenvalue weighted by molar-refractivity contribution is -0.0190. The number of fused-ring (bicyclic) bond motifs is 1. The third-order valence-corrected chi connectivity index (χ3v) is 4.00. The van der Waals surface area contributed by atoms with Gasteiger partial charge in [-0.05, 0) is 36.9 Å². The molecule has 0 atom stereocenters. The van der Waals surface area contributed by atoms with Gasteiger partial charge in [0.1, 0.15) is 0 Å². The molecule has 1 aromatic heterocycles. The van der Waals surface area contributed by atoms with Gasteiger partial charge >= 0.3 is 0 Å². The van der Waals surface area contributed by atoms with Crippen molar-refractivity contribution >= 4 is 10.8 Å². The maximum atomic E-state index is 10.9. The molecule has 1 aromatic carbocycles. The van der Waals surface area contributed by atoms with E-state index in [0.29, 0.717) is 0 Å². The normalized spacial score (nSPS) is 20.1. The Morgan fingerprint density at radius 1 is 1.22 bits per heavy atom. The first-order valence-electron chi connectivity index (χ1n) is 6.43. The molecule has 1 saturated heterocycles. The minimum atomic E-state index is -0.699. The number of pyridine rings is 1. The number of hydrogen-bond acceptors (Lipinski definition) is 3. The summed E-state index contributed by atoms with van der Waals surface area (Å²) < 4.78 is 0. The Morgan fingerprint density at radius 3 is 2.78 bits per heavy atom. The highest BCUT2D eigenvalue weighted by Crippen LogP contribution is 2.36. The lowest BCUT2D eigenvalue weighted by Crippen LogP contribution is -2.40. The van der Waals surface area contributed by atoms with Crippen LogP contribution in [0, 0.1) is 0 Å². The zero-order valence-corrected chi connectivity index (χ0v) is 10.6. The van der Waals surface area contributed by atoms with E-state index in [1.54, 1.807) is 6.20 Å². The summed E-state index contributed by atoms with van der Waals surface area (Å²) in [7, 11) is 2.10. The van der Waals surface area contributed by atoms with Crippen molar-refractivity contribution in [2.45, 2.75) is 18.4 Å². The monoisotopic (exact) mass is 242 g/mol. The summed E-state index contributed by atoms with van der Waals surface area (Å²) in [6, 6.07) is 8.12. The third kappa shape index (κ3) is 1.89. The molecule has 0 unspecified atom stereocenters. The van der Waals surface area contributed by atoms with E-state index in [9.17, 15) is 5.11 Å². The largest absolute Gasteiger partial charge is 0.385 e. The summed E-state index contributed by atoms with van der Waals surface area (Å²) in [5.74, 6) is 0. The maximum absolute atomic E-state index is 10.9. The number of aliphatic hydroxyl groups is 1. The summed E-state index contributed by atoms with van der Waals surface area (Å²) in [5.41, 5.74) is 0.330. The number of benzene rings is 1. The number of nitrogens with zero attached hydrogens (tertiary/aromatic N) is 2.